The number of anilines is 1. The van der Waals surface area contributed by atoms with Crippen LogP contribution in [0.25, 0.3) is 22.4 Å². The number of aryl methyl sites for hydroxylation is 1. The number of thiazole rings is 1. The molecule has 0 bridgehead atoms. The molecule has 0 saturated carbocycles. The zero-order chi connectivity index (χ0) is 20.0. The number of aromatic hydroxyl groups is 1. The minimum Gasteiger partial charge on any atom is -0.504 e. The van der Waals surface area contributed by atoms with E-state index in [1.807, 2.05) is 18.5 Å². The van der Waals surface area contributed by atoms with Crippen LogP contribution in [-0.4, -0.2) is 30.1 Å². The van der Waals surface area contributed by atoms with E-state index in [1.165, 1.54) is 17.7 Å². The monoisotopic (exact) mass is 435 g/mol. The molecule has 4 aromatic rings. The molecular weight excluding hydrogens is 421 g/mol. The van der Waals surface area contributed by atoms with E-state index in [2.05, 4.69) is 15.3 Å². The summed E-state index contributed by atoms with van der Waals surface area (Å²) in [5.41, 5.74) is 3.36. The first-order chi connectivity index (χ1) is 13.3. The van der Waals surface area contributed by atoms with Crippen molar-refractivity contribution in [2.75, 3.05) is 5.32 Å². The molecule has 0 aliphatic carbocycles. The Morgan fingerprint density at radius 2 is 2.11 bits per heavy atom. The molecule has 0 spiro atoms. The van der Waals surface area contributed by atoms with Gasteiger partial charge in [0, 0.05) is 18.0 Å². The van der Waals surface area contributed by atoms with Gasteiger partial charge in [-0.3, -0.25) is 4.79 Å². The van der Waals surface area contributed by atoms with Crippen molar-refractivity contribution in [1.29, 1.82) is 0 Å². The van der Waals surface area contributed by atoms with Crippen LogP contribution in [0, 0.1) is 6.92 Å². The number of rotatable bonds is 4. The van der Waals surface area contributed by atoms with Gasteiger partial charge >= 0.3 is 0 Å². The van der Waals surface area contributed by atoms with Gasteiger partial charge in [0.05, 0.1) is 27.8 Å². The van der Waals surface area contributed by atoms with Crippen LogP contribution in [0.4, 0.5) is 5.13 Å². The van der Waals surface area contributed by atoms with Gasteiger partial charge in [-0.25, -0.2) is 9.97 Å². The summed E-state index contributed by atoms with van der Waals surface area (Å²) in [4.78, 5) is 21.1. The minimum absolute atomic E-state index is 0.00913. The smallest absolute Gasteiger partial charge is 0.246 e. The van der Waals surface area contributed by atoms with Crippen molar-refractivity contribution >= 4 is 56.7 Å². The maximum Gasteiger partial charge on any atom is 0.246 e. The molecule has 7 nitrogen and oxygen atoms in total. The van der Waals surface area contributed by atoms with Crippen molar-refractivity contribution in [3.05, 3.63) is 45.6 Å². The normalized spacial score (nSPS) is 11.3. The number of benzene rings is 1. The number of imidazole rings is 1. The molecule has 3 aromatic heterocycles. The fourth-order valence-corrected chi connectivity index (χ4v) is 3.93. The van der Waals surface area contributed by atoms with Gasteiger partial charge in [0.2, 0.25) is 5.91 Å². The summed E-state index contributed by atoms with van der Waals surface area (Å²) in [5.74, 6) is -0.144. The Bertz CT molecular complexity index is 1210. The highest BCUT2D eigenvalue weighted by Crippen LogP contribution is 2.31. The number of nitrogens with one attached hydrogen (secondary N) is 1. The molecule has 0 aliphatic rings. The average molecular weight is 436 g/mol. The van der Waals surface area contributed by atoms with Gasteiger partial charge in [-0.1, -0.05) is 29.3 Å². The summed E-state index contributed by atoms with van der Waals surface area (Å²) in [6.45, 7) is 1.80. The molecular formula is C18H15Cl2N5O2S. The molecule has 0 fully saturated rings. The van der Waals surface area contributed by atoms with Gasteiger partial charge in [0.15, 0.2) is 16.5 Å². The minimum atomic E-state index is -0.268. The maximum absolute atomic E-state index is 12.5. The number of aromatic nitrogens is 4. The second-order valence-corrected chi connectivity index (χ2v) is 7.93. The molecule has 0 aliphatic heterocycles. The van der Waals surface area contributed by atoms with Crippen LogP contribution in [0.1, 0.15) is 5.69 Å². The average Bonchev–Trinajstić information content (AvgIpc) is 3.33. The van der Waals surface area contributed by atoms with E-state index in [-0.39, 0.29) is 18.2 Å². The SMILES string of the molecule is Cc1c(O)c2c(ncn2CC(=O)Nc2nc(-c3ccc(Cl)c(Cl)c3)cs2)n1C. The second kappa shape index (κ2) is 7.12. The predicted molar refractivity (Wildman–Crippen MR) is 111 cm³/mol. The van der Waals surface area contributed by atoms with Gasteiger partial charge in [-0.15, -0.1) is 11.3 Å². The van der Waals surface area contributed by atoms with Crippen molar-refractivity contribution < 1.29 is 9.90 Å². The Morgan fingerprint density at radius 3 is 2.86 bits per heavy atom. The molecule has 2 N–H and O–H groups in total. The molecule has 0 unspecified atom stereocenters. The highest BCUT2D eigenvalue weighted by molar-refractivity contribution is 7.14. The van der Waals surface area contributed by atoms with Crippen LogP contribution < -0.4 is 5.32 Å². The molecule has 28 heavy (non-hydrogen) atoms. The Morgan fingerprint density at radius 1 is 1.32 bits per heavy atom. The fraction of sp³-hybridized carbons (Fsp3) is 0.167. The van der Waals surface area contributed by atoms with E-state index in [1.54, 1.807) is 28.2 Å². The fourth-order valence-electron chi connectivity index (χ4n) is 2.90. The number of nitrogens with zero attached hydrogens (tertiary/aromatic N) is 4. The number of fused-ring (bicyclic) bond motifs is 1. The van der Waals surface area contributed by atoms with Crippen LogP contribution >= 0.6 is 34.5 Å². The quantitative estimate of drug-likeness (QED) is 0.495. The predicted octanol–water partition coefficient (Wildman–Crippen LogP) is 4.46. The van der Waals surface area contributed by atoms with Crippen molar-refractivity contribution in [3.8, 4) is 17.0 Å². The van der Waals surface area contributed by atoms with Gasteiger partial charge < -0.3 is 19.6 Å². The molecule has 1 amide bonds. The molecule has 1 aromatic carbocycles. The summed E-state index contributed by atoms with van der Waals surface area (Å²) in [7, 11) is 1.81. The largest absolute Gasteiger partial charge is 0.504 e. The van der Waals surface area contributed by atoms with Gasteiger partial charge in [-0.05, 0) is 19.1 Å². The second-order valence-electron chi connectivity index (χ2n) is 6.25. The van der Waals surface area contributed by atoms with Crippen molar-refractivity contribution in [2.45, 2.75) is 13.5 Å². The molecule has 0 saturated heterocycles. The van der Waals surface area contributed by atoms with Crippen LogP contribution in [0.2, 0.25) is 10.0 Å². The van der Waals surface area contributed by atoms with E-state index >= 15 is 0 Å². The van der Waals surface area contributed by atoms with Crippen LogP contribution in [-0.2, 0) is 18.4 Å². The number of carbonyl (C=O) groups excluding carboxylic acids is 1. The van der Waals surface area contributed by atoms with E-state index in [4.69, 9.17) is 23.2 Å². The molecule has 144 valence electrons. The number of hydrogen-bond donors (Lipinski definition) is 2. The summed E-state index contributed by atoms with van der Waals surface area (Å²) >= 11 is 13.3. The standard InChI is InChI=1S/C18H15Cl2N5O2S/c1-9-16(27)15-17(24(9)2)21-8-25(15)6-14(26)23-18-22-13(7-28-18)10-3-4-11(19)12(20)5-10/h3-5,7-8,27H,6H2,1-2H3,(H,22,23,26). The third kappa shape index (κ3) is 3.23. The number of hydrogen-bond acceptors (Lipinski definition) is 5. The van der Waals surface area contributed by atoms with Crippen molar-refractivity contribution in [1.82, 2.24) is 19.1 Å². The zero-order valence-electron chi connectivity index (χ0n) is 14.9. The highest BCUT2D eigenvalue weighted by atomic mass is 35.5. The summed E-state index contributed by atoms with van der Waals surface area (Å²) < 4.78 is 3.39. The molecule has 0 radical (unpaired) electrons. The van der Waals surface area contributed by atoms with Crippen molar-refractivity contribution in [3.63, 3.8) is 0 Å². The van der Waals surface area contributed by atoms with Gasteiger partial charge in [0.1, 0.15) is 12.1 Å². The summed E-state index contributed by atoms with van der Waals surface area (Å²) in [5, 5.41) is 16.3. The lowest BCUT2D eigenvalue weighted by molar-refractivity contribution is -0.116. The Balaban J connectivity index is 1.51. The van der Waals surface area contributed by atoms with Crippen LogP contribution in [0.5, 0.6) is 5.75 Å². The third-order valence-corrected chi connectivity index (χ3v) is 5.98. The third-order valence-electron chi connectivity index (χ3n) is 4.49. The lowest BCUT2D eigenvalue weighted by atomic mass is 10.2. The molecule has 4 rings (SSSR count). The maximum atomic E-state index is 12.5. The zero-order valence-corrected chi connectivity index (χ0v) is 17.2. The number of carbonyl (C=O) groups is 1. The van der Waals surface area contributed by atoms with E-state index in [9.17, 15) is 9.90 Å². The molecule has 3 heterocycles. The first-order valence-corrected chi connectivity index (χ1v) is 9.88. The summed E-state index contributed by atoms with van der Waals surface area (Å²) in [6.07, 6.45) is 1.53. The number of halogens is 2. The van der Waals surface area contributed by atoms with Gasteiger partial charge in [-0.2, -0.15) is 0 Å². The Labute approximate surface area is 174 Å². The van der Waals surface area contributed by atoms with E-state index in [0.29, 0.717) is 37.7 Å². The lowest BCUT2D eigenvalue weighted by Gasteiger charge is -2.04. The van der Waals surface area contributed by atoms with Crippen LogP contribution in [0.15, 0.2) is 29.9 Å². The Kier molecular flexibility index (Phi) is 4.78. The first-order valence-electron chi connectivity index (χ1n) is 8.25. The summed E-state index contributed by atoms with van der Waals surface area (Å²) in [6, 6.07) is 5.25. The van der Waals surface area contributed by atoms with Crippen molar-refractivity contribution in [2.24, 2.45) is 7.05 Å². The molecule has 10 heteroatoms. The molecule has 0 atom stereocenters. The number of amides is 1. The van der Waals surface area contributed by atoms with E-state index < -0.39 is 0 Å². The lowest BCUT2D eigenvalue weighted by Crippen LogP contribution is -2.18. The Hall–Kier alpha value is -2.55. The highest BCUT2D eigenvalue weighted by Gasteiger charge is 2.18. The topological polar surface area (TPSA) is 85.0 Å². The first kappa shape index (κ1) is 18.8. The van der Waals surface area contributed by atoms with Gasteiger partial charge in [0.25, 0.3) is 0 Å². The van der Waals surface area contributed by atoms with E-state index in [0.717, 1.165) is 5.56 Å². The van der Waals surface area contributed by atoms with Crippen LogP contribution in [0.3, 0.4) is 0 Å².